The number of hydrogen-bond acceptors (Lipinski definition) is 3. The molecule has 1 fully saturated rings. The molecule has 3 heterocycles. The van der Waals surface area contributed by atoms with E-state index in [1.54, 1.807) is 18.6 Å². The van der Waals surface area contributed by atoms with Crippen molar-refractivity contribution in [3.63, 3.8) is 0 Å². The van der Waals surface area contributed by atoms with Crippen LogP contribution in [-0.4, -0.2) is 43.4 Å². The number of imidazole rings is 2. The zero-order valence-corrected chi connectivity index (χ0v) is 11.6. The molecule has 1 saturated heterocycles. The van der Waals surface area contributed by atoms with Gasteiger partial charge in [-0.15, -0.1) is 0 Å². The van der Waals surface area contributed by atoms with E-state index in [0.29, 0.717) is 12.5 Å². The summed E-state index contributed by atoms with van der Waals surface area (Å²) in [5.41, 5.74) is 0. The number of H-pyrrole nitrogens is 1. The molecule has 0 spiro atoms. The number of likely N-dealkylation sites (tertiary alicyclic amines) is 1. The Morgan fingerprint density at radius 1 is 1.35 bits per heavy atom. The van der Waals surface area contributed by atoms with Gasteiger partial charge in [-0.05, 0) is 12.8 Å². The Kier molecular flexibility index (Phi) is 3.54. The number of piperidine rings is 1. The fourth-order valence-corrected chi connectivity index (χ4v) is 2.80. The van der Waals surface area contributed by atoms with Crippen LogP contribution in [0, 0.1) is 0 Å². The van der Waals surface area contributed by atoms with Crippen LogP contribution in [-0.2, 0) is 4.79 Å². The number of nitrogens with zero attached hydrogens (tertiary/aromatic N) is 4. The minimum absolute atomic E-state index is 0.250. The first kappa shape index (κ1) is 12.9. The lowest BCUT2D eigenvalue weighted by Crippen LogP contribution is -2.38. The van der Waals surface area contributed by atoms with Crippen LogP contribution in [0.15, 0.2) is 24.8 Å². The van der Waals surface area contributed by atoms with Crippen LogP contribution in [0.4, 0.5) is 0 Å². The van der Waals surface area contributed by atoms with Crippen molar-refractivity contribution in [2.45, 2.75) is 32.2 Å². The van der Waals surface area contributed by atoms with E-state index in [4.69, 9.17) is 0 Å². The molecule has 6 heteroatoms. The maximum atomic E-state index is 11.7. The van der Waals surface area contributed by atoms with Crippen molar-refractivity contribution in [3.05, 3.63) is 24.8 Å². The average Bonchev–Trinajstić information content (AvgIpc) is 3.16. The highest BCUT2D eigenvalue weighted by Crippen LogP contribution is 2.26. The van der Waals surface area contributed by atoms with Gasteiger partial charge >= 0.3 is 0 Å². The maximum absolute atomic E-state index is 11.7. The second-order valence-electron chi connectivity index (χ2n) is 5.06. The Balaban J connectivity index is 1.73. The molecular formula is C14H19N5O. The van der Waals surface area contributed by atoms with Crippen LogP contribution in [0.3, 0.4) is 0 Å². The summed E-state index contributed by atoms with van der Waals surface area (Å²) < 4.78 is 2.17. The summed E-state index contributed by atoms with van der Waals surface area (Å²) in [6.07, 6.45) is 9.87. The Hall–Kier alpha value is -2.11. The molecule has 20 heavy (non-hydrogen) atoms. The molecule has 1 N–H and O–H groups in total. The first-order chi connectivity index (χ1) is 9.79. The summed E-state index contributed by atoms with van der Waals surface area (Å²) in [4.78, 5) is 25.4. The highest BCUT2D eigenvalue weighted by atomic mass is 16.2. The molecule has 2 aromatic heterocycles. The van der Waals surface area contributed by atoms with E-state index in [2.05, 4.69) is 19.5 Å². The summed E-state index contributed by atoms with van der Waals surface area (Å²) in [6, 6.07) is 0.388. The normalized spacial score (nSPS) is 16.6. The molecule has 0 saturated carbocycles. The second-order valence-corrected chi connectivity index (χ2v) is 5.06. The lowest BCUT2D eigenvalue weighted by Gasteiger charge is -2.33. The fourth-order valence-electron chi connectivity index (χ4n) is 2.80. The molecule has 0 atom stereocenters. The van der Waals surface area contributed by atoms with Gasteiger partial charge in [-0.1, -0.05) is 6.92 Å². The fraction of sp³-hybridized carbons (Fsp3) is 0.500. The highest BCUT2D eigenvalue weighted by Gasteiger charge is 2.24. The monoisotopic (exact) mass is 273 g/mol. The molecule has 0 aliphatic carbocycles. The Bertz CT molecular complexity index is 566. The van der Waals surface area contributed by atoms with Crippen molar-refractivity contribution in [2.24, 2.45) is 0 Å². The largest absolute Gasteiger partial charge is 0.343 e. The third-order valence-electron chi connectivity index (χ3n) is 3.89. The van der Waals surface area contributed by atoms with E-state index in [0.717, 1.165) is 37.6 Å². The van der Waals surface area contributed by atoms with Crippen molar-refractivity contribution < 1.29 is 4.79 Å². The zero-order chi connectivity index (χ0) is 13.9. The van der Waals surface area contributed by atoms with Gasteiger partial charge in [-0.25, -0.2) is 9.97 Å². The van der Waals surface area contributed by atoms with Gasteiger partial charge in [0.05, 0.1) is 0 Å². The van der Waals surface area contributed by atoms with Gasteiger partial charge in [0.1, 0.15) is 0 Å². The molecule has 3 rings (SSSR count). The number of carbonyl (C=O) groups is 1. The third-order valence-corrected chi connectivity index (χ3v) is 3.89. The van der Waals surface area contributed by atoms with Crippen LogP contribution in [0.2, 0.25) is 0 Å². The Morgan fingerprint density at radius 3 is 2.80 bits per heavy atom. The van der Waals surface area contributed by atoms with Crippen LogP contribution in [0.25, 0.3) is 11.6 Å². The number of aromatic amines is 1. The number of amides is 1. The predicted octanol–water partition coefficient (Wildman–Crippen LogP) is 1.85. The number of carbonyl (C=O) groups excluding carboxylic acids is 1. The van der Waals surface area contributed by atoms with Crippen LogP contribution < -0.4 is 0 Å². The minimum Gasteiger partial charge on any atom is -0.343 e. The lowest BCUT2D eigenvalue weighted by molar-refractivity contribution is -0.132. The number of rotatable bonds is 3. The SMILES string of the molecule is CCC(=O)N1CCC(n2ccnc2-c2ncc[nH]2)CC1. The summed E-state index contributed by atoms with van der Waals surface area (Å²) in [7, 11) is 0. The van der Waals surface area contributed by atoms with Crippen molar-refractivity contribution in [3.8, 4) is 11.6 Å². The molecule has 6 nitrogen and oxygen atoms in total. The van der Waals surface area contributed by atoms with E-state index >= 15 is 0 Å². The van der Waals surface area contributed by atoms with Gasteiger partial charge in [0.2, 0.25) is 5.91 Å². The molecule has 1 amide bonds. The standard InChI is InChI=1S/C14H19N5O/c1-2-12(20)18-8-3-11(4-9-18)19-10-7-17-14(19)13-15-5-6-16-13/h5-7,10-11H,2-4,8-9H2,1H3,(H,15,16). The van der Waals surface area contributed by atoms with Gasteiger partial charge in [-0.3, -0.25) is 4.79 Å². The van der Waals surface area contributed by atoms with E-state index in [9.17, 15) is 4.79 Å². The van der Waals surface area contributed by atoms with Gasteiger partial charge in [0.15, 0.2) is 11.6 Å². The molecule has 106 valence electrons. The molecule has 0 bridgehead atoms. The minimum atomic E-state index is 0.250. The number of aromatic nitrogens is 4. The summed E-state index contributed by atoms with van der Waals surface area (Å²) >= 11 is 0. The summed E-state index contributed by atoms with van der Waals surface area (Å²) in [6.45, 7) is 3.57. The van der Waals surface area contributed by atoms with Crippen LogP contribution in [0.5, 0.6) is 0 Å². The van der Waals surface area contributed by atoms with Crippen molar-refractivity contribution in [2.75, 3.05) is 13.1 Å². The van der Waals surface area contributed by atoms with Crippen molar-refractivity contribution in [1.82, 2.24) is 24.4 Å². The van der Waals surface area contributed by atoms with Gasteiger partial charge in [0, 0.05) is 50.3 Å². The molecular weight excluding hydrogens is 254 g/mol. The van der Waals surface area contributed by atoms with E-state index in [-0.39, 0.29) is 5.91 Å². The van der Waals surface area contributed by atoms with E-state index in [1.807, 2.05) is 18.0 Å². The van der Waals surface area contributed by atoms with Crippen LogP contribution >= 0.6 is 0 Å². The van der Waals surface area contributed by atoms with Gasteiger partial charge in [-0.2, -0.15) is 0 Å². The molecule has 0 aromatic carbocycles. The number of nitrogens with one attached hydrogen (secondary N) is 1. The van der Waals surface area contributed by atoms with Crippen molar-refractivity contribution >= 4 is 5.91 Å². The first-order valence-electron chi connectivity index (χ1n) is 7.10. The topological polar surface area (TPSA) is 66.8 Å². The van der Waals surface area contributed by atoms with Crippen LogP contribution in [0.1, 0.15) is 32.2 Å². The Labute approximate surface area is 117 Å². The van der Waals surface area contributed by atoms with Gasteiger partial charge in [0.25, 0.3) is 0 Å². The lowest BCUT2D eigenvalue weighted by atomic mass is 10.0. The first-order valence-corrected chi connectivity index (χ1v) is 7.10. The second kappa shape index (κ2) is 5.48. The highest BCUT2D eigenvalue weighted by molar-refractivity contribution is 5.75. The predicted molar refractivity (Wildman–Crippen MR) is 75.0 cm³/mol. The Morgan fingerprint density at radius 2 is 2.15 bits per heavy atom. The maximum Gasteiger partial charge on any atom is 0.222 e. The average molecular weight is 273 g/mol. The molecule has 0 radical (unpaired) electrons. The third kappa shape index (κ3) is 2.33. The van der Waals surface area contributed by atoms with E-state index in [1.165, 1.54) is 0 Å². The summed E-state index contributed by atoms with van der Waals surface area (Å²) in [5.74, 6) is 1.91. The summed E-state index contributed by atoms with van der Waals surface area (Å²) in [5, 5.41) is 0. The van der Waals surface area contributed by atoms with Crippen molar-refractivity contribution in [1.29, 1.82) is 0 Å². The number of hydrogen-bond donors (Lipinski definition) is 1. The quantitative estimate of drug-likeness (QED) is 0.928. The van der Waals surface area contributed by atoms with E-state index < -0.39 is 0 Å². The molecule has 2 aromatic rings. The molecule has 1 aliphatic heterocycles. The smallest absolute Gasteiger partial charge is 0.222 e. The van der Waals surface area contributed by atoms with Gasteiger partial charge < -0.3 is 14.5 Å². The molecule has 1 aliphatic rings. The zero-order valence-electron chi connectivity index (χ0n) is 11.6. The molecule has 0 unspecified atom stereocenters.